The highest BCUT2D eigenvalue weighted by Crippen LogP contribution is 2.47. The number of carbonyl (C=O) groups is 2. The third-order valence-corrected chi connectivity index (χ3v) is 4.30. The molecule has 0 radical (unpaired) electrons. The number of fused-ring (bicyclic) bond motifs is 1. The lowest BCUT2D eigenvalue weighted by molar-refractivity contribution is -0.143. The normalized spacial score (nSPS) is 27.3. The minimum atomic E-state index is -0.842. The van der Waals surface area contributed by atoms with Crippen LogP contribution in [-0.4, -0.2) is 28.4 Å². The lowest BCUT2D eigenvalue weighted by Gasteiger charge is -2.21. The molecule has 3 rings (SSSR count). The van der Waals surface area contributed by atoms with Gasteiger partial charge in [-0.1, -0.05) is 34.1 Å². The summed E-state index contributed by atoms with van der Waals surface area (Å²) in [6, 6.07) is 7.26. The van der Waals surface area contributed by atoms with Gasteiger partial charge in [0.1, 0.15) is 0 Å². The number of piperidine rings is 1. The minimum Gasteiger partial charge on any atom is -0.386 e. The van der Waals surface area contributed by atoms with Gasteiger partial charge >= 0.3 is 0 Å². The quantitative estimate of drug-likeness (QED) is 0.861. The Labute approximate surface area is 113 Å². The molecule has 1 saturated heterocycles. The fourth-order valence-corrected chi connectivity index (χ4v) is 3.00. The van der Waals surface area contributed by atoms with Crippen LogP contribution in [0.5, 0.6) is 0 Å². The number of imide groups is 1. The zero-order valence-corrected chi connectivity index (χ0v) is 11.1. The fraction of sp³-hybridized carbons (Fsp3) is 0.385. The van der Waals surface area contributed by atoms with E-state index in [0.717, 1.165) is 4.47 Å². The van der Waals surface area contributed by atoms with Gasteiger partial charge < -0.3 is 5.11 Å². The van der Waals surface area contributed by atoms with Gasteiger partial charge in [-0.2, -0.15) is 0 Å². The zero-order chi connectivity index (χ0) is 12.9. The lowest BCUT2D eigenvalue weighted by Crippen LogP contribution is -2.36. The first kappa shape index (κ1) is 11.9. The molecule has 1 aromatic rings. The van der Waals surface area contributed by atoms with E-state index in [-0.39, 0.29) is 30.2 Å². The van der Waals surface area contributed by atoms with E-state index in [0.29, 0.717) is 12.0 Å². The van der Waals surface area contributed by atoms with Crippen LogP contribution in [0, 0.1) is 11.8 Å². The largest absolute Gasteiger partial charge is 0.386 e. The Morgan fingerprint density at radius 3 is 2.50 bits per heavy atom. The van der Waals surface area contributed by atoms with Gasteiger partial charge in [-0.3, -0.25) is 14.5 Å². The summed E-state index contributed by atoms with van der Waals surface area (Å²) in [5.74, 6) is -0.472. The summed E-state index contributed by atoms with van der Waals surface area (Å²) in [6.45, 7) is 0.0489. The Bertz CT molecular complexity index is 511. The third kappa shape index (κ3) is 1.78. The molecule has 1 heterocycles. The number of carbonyl (C=O) groups excluding carboxylic acids is 2. The van der Waals surface area contributed by atoms with Crippen molar-refractivity contribution in [3.8, 4) is 0 Å². The first-order valence-electron chi connectivity index (χ1n) is 5.87. The Hall–Kier alpha value is -1.20. The van der Waals surface area contributed by atoms with Crippen LogP contribution < -0.4 is 0 Å². The number of amides is 2. The first-order valence-corrected chi connectivity index (χ1v) is 6.66. The Morgan fingerprint density at radius 2 is 1.89 bits per heavy atom. The van der Waals surface area contributed by atoms with Crippen LogP contribution in [0.2, 0.25) is 0 Å². The van der Waals surface area contributed by atoms with Crippen LogP contribution in [0.3, 0.4) is 0 Å². The Balaban J connectivity index is 1.76. The zero-order valence-electron chi connectivity index (χ0n) is 9.54. The van der Waals surface area contributed by atoms with Gasteiger partial charge in [0.25, 0.3) is 0 Å². The van der Waals surface area contributed by atoms with Crippen molar-refractivity contribution in [2.24, 2.45) is 11.8 Å². The molecule has 0 unspecified atom stereocenters. The first-order chi connectivity index (χ1) is 8.59. The monoisotopic (exact) mass is 309 g/mol. The molecular formula is C13H12BrNO3. The van der Waals surface area contributed by atoms with Gasteiger partial charge in [0.05, 0.1) is 24.5 Å². The van der Waals surface area contributed by atoms with Crippen molar-refractivity contribution < 1.29 is 14.7 Å². The van der Waals surface area contributed by atoms with E-state index in [9.17, 15) is 14.7 Å². The number of hydrogen-bond donors (Lipinski definition) is 1. The third-order valence-electron chi connectivity index (χ3n) is 3.58. The molecule has 94 valence electrons. The van der Waals surface area contributed by atoms with Gasteiger partial charge in [-0.05, 0) is 18.1 Å². The number of benzene rings is 1. The molecule has 18 heavy (non-hydrogen) atoms. The highest BCUT2D eigenvalue weighted by atomic mass is 79.9. The van der Waals surface area contributed by atoms with E-state index in [1.54, 1.807) is 6.07 Å². The van der Waals surface area contributed by atoms with Crippen molar-refractivity contribution in [1.82, 2.24) is 4.90 Å². The van der Waals surface area contributed by atoms with Crippen molar-refractivity contribution in [3.63, 3.8) is 0 Å². The maximum absolute atomic E-state index is 11.8. The van der Waals surface area contributed by atoms with Gasteiger partial charge in [0.2, 0.25) is 11.8 Å². The summed E-state index contributed by atoms with van der Waals surface area (Å²) in [7, 11) is 0. The number of aliphatic hydroxyl groups excluding tert-OH is 1. The number of likely N-dealkylation sites (tertiary alicyclic amines) is 1. The standard InChI is InChI=1S/C13H12BrNO3/c14-10-4-2-1-3-7(10)11(16)6-15-12(17)8-5-9(8)13(15)18/h1-4,8-9,11,16H,5-6H2/t8-,9+,11-/m1/s1. The van der Waals surface area contributed by atoms with E-state index in [4.69, 9.17) is 0 Å². The molecule has 0 spiro atoms. The van der Waals surface area contributed by atoms with E-state index in [1.165, 1.54) is 4.90 Å². The van der Waals surface area contributed by atoms with Crippen molar-refractivity contribution in [2.75, 3.05) is 6.54 Å². The summed E-state index contributed by atoms with van der Waals surface area (Å²) in [5, 5.41) is 10.1. The average Bonchev–Trinajstić information content (AvgIpc) is 3.10. The van der Waals surface area contributed by atoms with Crippen LogP contribution in [0.4, 0.5) is 0 Å². The number of nitrogens with zero attached hydrogens (tertiary/aromatic N) is 1. The molecule has 1 N–H and O–H groups in total. The molecular weight excluding hydrogens is 298 g/mol. The Kier molecular flexibility index (Phi) is 2.75. The molecule has 1 saturated carbocycles. The second-order valence-corrected chi connectivity index (χ2v) is 5.63. The van der Waals surface area contributed by atoms with Crippen molar-refractivity contribution in [1.29, 1.82) is 0 Å². The number of hydrogen-bond acceptors (Lipinski definition) is 3. The number of rotatable bonds is 3. The molecule has 3 atom stereocenters. The van der Waals surface area contributed by atoms with E-state index in [1.807, 2.05) is 18.2 Å². The van der Waals surface area contributed by atoms with Crippen LogP contribution >= 0.6 is 15.9 Å². The van der Waals surface area contributed by atoms with E-state index >= 15 is 0 Å². The topological polar surface area (TPSA) is 57.6 Å². The van der Waals surface area contributed by atoms with Crippen molar-refractivity contribution in [2.45, 2.75) is 12.5 Å². The van der Waals surface area contributed by atoms with Gasteiger partial charge in [-0.25, -0.2) is 0 Å². The second kappa shape index (κ2) is 4.17. The molecule has 0 bridgehead atoms. The summed E-state index contributed by atoms with van der Waals surface area (Å²) in [6.07, 6.45) is -0.148. The van der Waals surface area contributed by atoms with E-state index < -0.39 is 6.10 Å². The molecule has 2 aliphatic rings. The van der Waals surface area contributed by atoms with Crippen LogP contribution in [0.25, 0.3) is 0 Å². The Morgan fingerprint density at radius 1 is 1.28 bits per heavy atom. The maximum Gasteiger partial charge on any atom is 0.233 e. The van der Waals surface area contributed by atoms with Gasteiger partial charge in [0.15, 0.2) is 0 Å². The van der Waals surface area contributed by atoms with Crippen LogP contribution in [-0.2, 0) is 9.59 Å². The lowest BCUT2D eigenvalue weighted by atomic mass is 10.1. The maximum atomic E-state index is 11.8. The van der Waals surface area contributed by atoms with Gasteiger partial charge in [-0.15, -0.1) is 0 Å². The van der Waals surface area contributed by atoms with Gasteiger partial charge in [0, 0.05) is 4.47 Å². The predicted octanol–water partition coefficient (Wildman–Crippen LogP) is 1.49. The van der Waals surface area contributed by atoms with Crippen LogP contribution in [0.1, 0.15) is 18.1 Å². The molecule has 1 aliphatic heterocycles. The highest BCUT2D eigenvalue weighted by molar-refractivity contribution is 9.10. The molecule has 1 aliphatic carbocycles. The molecule has 2 amide bonds. The van der Waals surface area contributed by atoms with E-state index in [2.05, 4.69) is 15.9 Å². The summed E-state index contributed by atoms with van der Waals surface area (Å²) in [4.78, 5) is 24.8. The molecule has 5 heteroatoms. The second-order valence-electron chi connectivity index (χ2n) is 4.77. The predicted molar refractivity (Wildman–Crippen MR) is 67.4 cm³/mol. The fourth-order valence-electron chi connectivity index (χ4n) is 2.45. The van der Waals surface area contributed by atoms with Crippen molar-refractivity contribution >= 4 is 27.7 Å². The summed E-state index contributed by atoms with van der Waals surface area (Å²) < 4.78 is 0.779. The number of aliphatic hydroxyl groups is 1. The smallest absolute Gasteiger partial charge is 0.233 e. The van der Waals surface area contributed by atoms with Crippen LogP contribution in [0.15, 0.2) is 28.7 Å². The highest BCUT2D eigenvalue weighted by Gasteiger charge is 2.58. The van der Waals surface area contributed by atoms with Crippen molar-refractivity contribution in [3.05, 3.63) is 34.3 Å². The number of halogens is 1. The SMILES string of the molecule is O=C1[C@H]2C[C@H]2C(=O)N1C[C@@H](O)c1ccccc1Br. The molecule has 4 nitrogen and oxygen atoms in total. The minimum absolute atomic E-state index is 0.0489. The number of β-amino-alcohol motifs (C(OH)–C–C–N with tert-alkyl or cyclic N) is 1. The summed E-state index contributed by atoms with van der Waals surface area (Å²) >= 11 is 3.35. The summed E-state index contributed by atoms with van der Waals surface area (Å²) in [5.41, 5.74) is 0.693. The molecule has 2 fully saturated rings. The molecule has 1 aromatic carbocycles. The molecule has 0 aromatic heterocycles. The average molecular weight is 310 g/mol.